The quantitative estimate of drug-likeness (QED) is 0.819. The smallest absolute Gasteiger partial charge is 0.0741 e. The number of anilines is 1. The Morgan fingerprint density at radius 1 is 1.25 bits per heavy atom. The first-order chi connectivity index (χ1) is 7.81. The van der Waals surface area contributed by atoms with Crippen LogP contribution in [0.25, 0.3) is 0 Å². The molecule has 2 atom stereocenters. The molecule has 0 radical (unpaired) electrons. The maximum Gasteiger partial charge on any atom is 0.0741 e. The lowest BCUT2D eigenvalue weighted by Crippen LogP contribution is -2.36. The van der Waals surface area contributed by atoms with Crippen LogP contribution >= 0.6 is 0 Å². The normalized spacial score (nSPS) is 25.4. The number of nitrogens with one attached hydrogen (secondary N) is 1. The number of hydrogen-bond donors (Lipinski definition) is 2. The number of para-hydroxylation sites is 1. The summed E-state index contributed by atoms with van der Waals surface area (Å²) in [6.07, 6.45) is 5.26. The summed E-state index contributed by atoms with van der Waals surface area (Å²) in [4.78, 5) is 0. The van der Waals surface area contributed by atoms with Crippen molar-refractivity contribution >= 4 is 5.69 Å². The van der Waals surface area contributed by atoms with E-state index in [0.29, 0.717) is 0 Å². The summed E-state index contributed by atoms with van der Waals surface area (Å²) in [6.45, 7) is 2.16. The molecule has 0 spiro atoms. The fourth-order valence-electron chi connectivity index (χ4n) is 2.45. The molecule has 16 heavy (non-hydrogen) atoms. The molecule has 0 bridgehead atoms. The van der Waals surface area contributed by atoms with Crippen molar-refractivity contribution in [2.75, 3.05) is 5.32 Å². The third-order valence-electron chi connectivity index (χ3n) is 3.47. The number of aryl methyl sites for hydroxylation is 1. The molecule has 2 N–H and O–H groups in total. The first-order valence-corrected chi connectivity index (χ1v) is 6.33. The van der Waals surface area contributed by atoms with Crippen molar-refractivity contribution in [3.05, 3.63) is 29.8 Å². The van der Waals surface area contributed by atoms with Crippen LogP contribution in [0.4, 0.5) is 5.69 Å². The summed E-state index contributed by atoms with van der Waals surface area (Å²) in [5.41, 5.74) is 2.52. The van der Waals surface area contributed by atoms with Crippen molar-refractivity contribution in [1.29, 1.82) is 0 Å². The van der Waals surface area contributed by atoms with Gasteiger partial charge in [0.25, 0.3) is 0 Å². The van der Waals surface area contributed by atoms with Crippen molar-refractivity contribution in [2.24, 2.45) is 0 Å². The highest BCUT2D eigenvalue weighted by Gasteiger charge is 2.22. The van der Waals surface area contributed by atoms with E-state index < -0.39 is 0 Å². The highest BCUT2D eigenvalue weighted by Crippen LogP contribution is 2.24. The third-order valence-corrected chi connectivity index (χ3v) is 3.47. The number of rotatable bonds is 3. The summed E-state index contributed by atoms with van der Waals surface area (Å²) >= 11 is 0. The lowest BCUT2D eigenvalue weighted by Gasteiger charge is -2.30. The first kappa shape index (κ1) is 11.5. The predicted molar refractivity (Wildman–Crippen MR) is 67.7 cm³/mol. The number of aliphatic hydroxyl groups excluding tert-OH is 1. The van der Waals surface area contributed by atoms with Crippen LogP contribution in [-0.2, 0) is 6.42 Å². The van der Waals surface area contributed by atoms with E-state index in [1.165, 1.54) is 17.7 Å². The monoisotopic (exact) mass is 219 g/mol. The van der Waals surface area contributed by atoms with E-state index in [1.807, 2.05) is 0 Å². The number of hydrogen-bond acceptors (Lipinski definition) is 2. The minimum Gasteiger partial charge on any atom is -0.391 e. The van der Waals surface area contributed by atoms with E-state index in [2.05, 4.69) is 36.5 Å². The largest absolute Gasteiger partial charge is 0.391 e. The van der Waals surface area contributed by atoms with E-state index in [1.54, 1.807) is 0 Å². The molecule has 2 nitrogen and oxygen atoms in total. The molecule has 1 fully saturated rings. The zero-order valence-corrected chi connectivity index (χ0v) is 9.95. The second-order valence-electron chi connectivity index (χ2n) is 4.61. The third kappa shape index (κ3) is 2.56. The molecule has 0 amide bonds. The summed E-state index contributed by atoms with van der Waals surface area (Å²) in [5, 5.41) is 13.4. The number of benzene rings is 1. The zero-order valence-electron chi connectivity index (χ0n) is 9.95. The van der Waals surface area contributed by atoms with Gasteiger partial charge in [-0.05, 0) is 30.9 Å². The maximum atomic E-state index is 9.93. The van der Waals surface area contributed by atoms with Gasteiger partial charge in [0.15, 0.2) is 0 Å². The van der Waals surface area contributed by atoms with Crippen LogP contribution in [0.5, 0.6) is 0 Å². The van der Waals surface area contributed by atoms with Crippen LogP contribution in [0.3, 0.4) is 0 Å². The van der Waals surface area contributed by atoms with Gasteiger partial charge in [-0.15, -0.1) is 0 Å². The Balaban J connectivity index is 2.07. The van der Waals surface area contributed by atoms with Crippen molar-refractivity contribution < 1.29 is 5.11 Å². The second-order valence-corrected chi connectivity index (χ2v) is 4.61. The van der Waals surface area contributed by atoms with Crippen molar-refractivity contribution in [1.82, 2.24) is 0 Å². The second kappa shape index (κ2) is 5.35. The molecule has 2 heteroatoms. The molecule has 1 saturated carbocycles. The molecule has 0 heterocycles. The fourth-order valence-corrected chi connectivity index (χ4v) is 2.45. The predicted octanol–water partition coefficient (Wildman–Crippen LogP) is 2.96. The van der Waals surface area contributed by atoms with Crippen molar-refractivity contribution in [2.45, 2.75) is 51.2 Å². The van der Waals surface area contributed by atoms with Gasteiger partial charge >= 0.3 is 0 Å². The highest BCUT2D eigenvalue weighted by molar-refractivity contribution is 5.52. The van der Waals surface area contributed by atoms with E-state index in [0.717, 1.165) is 25.7 Å². The minimum atomic E-state index is -0.182. The molecule has 0 aliphatic heterocycles. The van der Waals surface area contributed by atoms with Gasteiger partial charge in [-0.1, -0.05) is 38.0 Å². The van der Waals surface area contributed by atoms with Gasteiger partial charge < -0.3 is 10.4 Å². The van der Waals surface area contributed by atoms with Gasteiger partial charge in [-0.2, -0.15) is 0 Å². The maximum absolute atomic E-state index is 9.93. The molecule has 1 aromatic carbocycles. The molecule has 0 aromatic heterocycles. The van der Waals surface area contributed by atoms with E-state index in [4.69, 9.17) is 0 Å². The lowest BCUT2D eigenvalue weighted by atomic mass is 9.92. The van der Waals surface area contributed by atoms with Crippen molar-refractivity contribution in [3.63, 3.8) is 0 Å². The van der Waals surface area contributed by atoms with Gasteiger partial charge in [-0.25, -0.2) is 0 Å². The van der Waals surface area contributed by atoms with E-state index in [-0.39, 0.29) is 12.1 Å². The zero-order chi connectivity index (χ0) is 11.4. The molecule has 1 aliphatic carbocycles. The Morgan fingerprint density at radius 3 is 2.75 bits per heavy atom. The first-order valence-electron chi connectivity index (χ1n) is 6.33. The highest BCUT2D eigenvalue weighted by atomic mass is 16.3. The molecule has 1 aliphatic rings. The van der Waals surface area contributed by atoms with Crippen LogP contribution in [0, 0.1) is 0 Å². The molecular formula is C14H21NO. The molecule has 2 rings (SSSR count). The SMILES string of the molecule is CCc1ccccc1NC1CCCCC1O. The van der Waals surface area contributed by atoms with Crippen LogP contribution in [0.2, 0.25) is 0 Å². The summed E-state index contributed by atoms with van der Waals surface area (Å²) in [6, 6.07) is 8.62. The molecule has 0 saturated heterocycles. The van der Waals surface area contributed by atoms with Gasteiger partial charge in [0, 0.05) is 5.69 Å². The van der Waals surface area contributed by atoms with Gasteiger partial charge in [0.1, 0.15) is 0 Å². The average molecular weight is 219 g/mol. The van der Waals surface area contributed by atoms with Crippen LogP contribution in [0.1, 0.15) is 38.2 Å². The molecule has 2 unspecified atom stereocenters. The summed E-state index contributed by atoms with van der Waals surface area (Å²) in [5.74, 6) is 0. The Labute approximate surface area is 97.7 Å². The van der Waals surface area contributed by atoms with Gasteiger partial charge in [0.2, 0.25) is 0 Å². The van der Waals surface area contributed by atoms with Crippen LogP contribution in [-0.4, -0.2) is 17.3 Å². The Hall–Kier alpha value is -1.02. The van der Waals surface area contributed by atoms with Gasteiger partial charge in [-0.3, -0.25) is 0 Å². The standard InChI is InChI=1S/C14H21NO/c1-2-11-7-3-4-8-12(11)15-13-9-5-6-10-14(13)16/h3-4,7-8,13-16H,2,5-6,9-10H2,1H3. The Morgan fingerprint density at radius 2 is 2.00 bits per heavy atom. The summed E-state index contributed by atoms with van der Waals surface area (Å²) in [7, 11) is 0. The van der Waals surface area contributed by atoms with E-state index >= 15 is 0 Å². The van der Waals surface area contributed by atoms with Crippen molar-refractivity contribution in [3.8, 4) is 0 Å². The Kier molecular flexibility index (Phi) is 3.83. The molecular weight excluding hydrogens is 198 g/mol. The minimum absolute atomic E-state index is 0.182. The fraction of sp³-hybridized carbons (Fsp3) is 0.571. The average Bonchev–Trinajstić information content (AvgIpc) is 2.33. The lowest BCUT2D eigenvalue weighted by molar-refractivity contribution is 0.116. The van der Waals surface area contributed by atoms with E-state index in [9.17, 15) is 5.11 Å². The van der Waals surface area contributed by atoms with Crippen LogP contribution < -0.4 is 5.32 Å². The number of aliphatic hydroxyl groups is 1. The topological polar surface area (TPSA) is 32.3 Å². The molecule has 88 valence electrons. The summed E-state index contributed by atoms with van der Waals surface area (Å²) < 4.78 is 0. The molecule has 1 aromatic rings. The van der Waals surface area contributed by atoms with Gasteiger partial charge in [0.05, 0.1) is 12.1 Å². The van der Waals surface area contributed by atoms with Crippen LogP contribution in [0.15, 0.2) is 24.3 Å². The Bertz CT molecular complexity index is 337.